The number of nitrogens with zero attached hydrogens (tertiary/aromatic N) is 3. The van der Waals surface area contributed by atoms with Gasteiger partial charge in [0.15, 0.2) is 0 Å². The summed E-state index contributed by atoms with van der Waals surface area (Å²) < 4.78 is 0. The predicted octanol–water partition coefficient (Wildman–Crippen LogP) is 3.46. The molecular weight excluding hydrogens is 308 g/mol. The molecule has 0 unspecified atom stereocenters. The van der Waals surface area contributed by atoms with Crippen molar-refractivity contribution in [3.05, 3.63) is 72.3 Å². The van der Waals surface area contributed by atoms with E-state index < -0.39 is 26.1 Å². The monoisotopic (exact) mass is 318 g/mol. The maximum atomic E-state index is 11.1. The summed E-state index contributed by atoms with van der Waals surface area (Å²) in [5, 5.41) is 35.3. The van der Waals surface area contributed by atoms with Crippen molar-refractivity contribution >= 4 is 28.4 Å². The molecule has 0 fully saturated rings. The summed E-state index contributed by atoms with van der Waals surface area (Å²) in [6.45, 7) is 1.57. The van der Waals surface area contributed by atoms with Gasteiger partial charge in [-0.15, -0.1) is 0 Å². The zero-order valence-corrected chi connectivity index (χ0v) is 11.8. The van der Waals surface area contributed by atoms with E-state index in [4.69, 9.17) is 0 Å². The minimum atomic E-state index is -0.766. The van der Waals surface area contributed by atoms with Crippen molar-refractivity contribution in [2.24, 2.45) is 0 Å². The van der Waals surface area contributed by atoms with Crippen LogP contribution in [-0.4, -0.2) is 14.8 Å². The van der Waals surface area contributed by atoms with Crippen molar-refractivity contribution in [1.29, 1.82) is 0 Å². The number of nitro groups is 3. The van der Waals surface area contributed by atoms with Crippen LogP contribution >= 0.6 is 0 Å². The van der Waals surface area contributed by atoms with Crippen molar-refractivity contribution in [1.82, 2.24) is 0 Å². The largest absolute Gasteiger partial charge is 0.350 e. The summed E-state index contributed by atoms with van der Waals surface area (Å²) in [7, 11) is 0. The van der Waals surface area contributed by atoms with Gasteiger partial charge in [0.2, 0.25) is 0 Å². The third-order valence-corrected chi connectivity index (χ3v) is 3.07. The molecule has 2 aromatic carbocycles. The first-order chi connectivity index (χ1) is 10.8. The molecule has 0 aliphatic rings. The van der Waals surface area contributed by atoms with Crippen LogP contribution < -0.4 is 5.32 Å². The van der Waals surface area contributed by atoms with Gasteiger partial charge in [0.25, 0.3) is 17.1 Å². The Balaban J connectivity index is 2.44. The van der Waals surface area contributed by atoms with Gasteiger partial charge < -0.3 is 5.32 Å². The van der Waals surface area contributed by atoms with Crippen molar-refractivity contribution in [2.75, 3.05) is 5.32 Å². The predicted molar refractivity (Wildman–Crippen MR) is 80.9 cm³/mol. The molecule has 2 rings (SSSR count). The van der Waals surface area contributed by atoms with E-state index in [2.05, 4.69) is 5.32 Å². The van der Waals surface area contributed by atoms with Gasteiger partial charge in [0.05, 0.1) is 20.8 Å². The van der Waals surface area contributed by atoms with Crippen LogP contribution in [0.15, 0.2) is 36.4 Å². The van der Waals surface area contributed by atoms with E-state index in [-0.39, 0.29) is 17.1 Å². The first kappa shape index (κ1) is 15.8. The van der Waals surface area contributed by atoms with Crippen molar-refractivity contribution in [2.45, 2.75) is 6.92 Å². The molecule has 0 amide bonds. The van der Waals surface area contributed by atoms with Gasteiger partial charge >= 0.3 is 0 Å². The number of non-ortho nitro benzene ring substituents is 1. The van der Waals surface area contributed by atoms with E-state index >= 15 is 0 Å². The van der Waals surface area contributed by atoms with Crippen LogP contribution in [0, 0.1) is 37.3 Å². The fraction of sp³-hybridized carbons (Fsp3) is 0.0769. The van der Waals surface area contributed by atoms with E-state index in [1.54, 1.807) is 6.92 Å². The van der Waals surface area contributed by atoms with Crippen LogP contribution in [0.1, 0.15) is 5.56 Å². The molecule has 2 aromatic rings. The molecule has 0 aliphatic carbocycles. The highest BCUT2D eigenvalue weighted by atomic mass is 16.6. The zero-order chi connectivity index (χ0) is 17.1. The van der Waals surface area contributed by atoms with Crippen molar-refractivity contribution in [3.8, 4) is 0 Å². The standard InChI is InChI=1S/C13H10N4O6/c1-8-2-3-9(6-12(8)16(20)21)14-11-5-4-10(15(18)19)7-13(11)17(22)23/h2-7,14H,1H3. The molecule has 23 heavy (non-hydrogen) atoms. The third-order valence-electron chi connectivity index (χ3n) is 3.07. The highest BCUT2D eigenvalue weighted by molar-refractivity contribution is 5.73. The van der Waals surface area contributed by atoms with Crippen LogP contribution in [0.3, 0.4) is 0 Å². The second-order valence-corrected chi connectivity index (χ2v) is 4.60. The second-order valence-electron chi connectivity index (χ2n) is 4.60. The van der Waals surface area contributed by atoms with Gasteiger partial charge in [-0.2, -0.15) is 0 Å². The first-order valence-electron chi connectivity index (χ1n) is 6.24. The molecule has 0 radical (unpaired) electrons. The van der Waals surface area contributed by atoms with Crippen LogP contribution in [-0.2, 0) is 0 Å². The molecule has 0 bridgehead atoms. The molecule has 0 atom stereocenters. The lowest BCUT2D eigenvalue weighted by atomic mass is 10.1. The minimum Gasteiger partial charge on any atom is -0.350 e. The van der Waals surface area contributed by atoms with Gasteiger partial charge in [-0.3, -0.25) is 30.3 Å². The summed E-state index contributed by atoms with van der Waals surface area (Å²) in [4.78, 5) is 30.6. The summed E-state index contributed by atoms with van der Waals surface area (Å²) in [5.74, 6) is 0. The Morgan fingerprint density at radius 1 is 0.826 bits per heavy atom. The number of benzene rings is 2. The SMILES string of the molecule is Cc1ccc(Nc2ccc([N+](=O)[O-])cc2[N+](=O)[O-])cc1[N+](=O)[O-]. The second kappa shape index (κ2) is 6.05. The quantitative estimate of drug-likeness (QED) is 0.657. The Kier molecular flexibility index (Phi) is 4.16. The number of hydrogen-bond acceptors (Lipinski definition) is 7. The Morgan fingerprint density at radius 3 is 2.04 bits per heavy atom. The molecule has 0 saturated heterocycles. The Labute approximate surface area is 128 Å². The average molecular weight is 318 g/mol. The molecular formula is C13H10N4O6. The molecule has 10 heteroatoms. The normalized spacial score (nSPS) is 10.1. The molecule has 0 aliphatic heterocycles. The minimum absolute atomic E-state index is 0.00116. The molecule has 10 nitrogen and oxygen atoms in total. The van der Waals surface area contributed by atoms with Crippen LogP contribution in [0.5, 0.6) is 0 Å². The number of anilines is 2. The number of hydrogen-bond donors (Lipinski definition) is 1. The lowest BCUT2D eigenvalue weighted by Crippen LogP contribution is -2.00. The Hall–Kier alpha value is -3.56. The van der Waals surface area contributed by atoms with Gasteiger partial charge in [-0.25, -0.2) is 0 Å². The third kappa shape index (κ3) is 3.37. The van der Waals surface area contributed by atoms with Crippen LogP contribution in [0.4, 0.5) is 28.4 Å². The highest BCUT2D eigenvalue weighted by Gasteiger charge is 2.20. The van der Waals surface area contributed by atoms with Gasteiger partial charge in [-0.05, 0) is 19.1 Å². The summed E-state index contributed by atoms with van der Waals surface area (Å²) >= 11 is 0. The van der Waals surface area contributed by atoms with Crippen molar-refractivity contribution < 1.29 is 14.8 Å². The van der Waals surface area contributed by atoms with Gasteiger partial charge in [0, 0.05) is 23.4 Å². The highest BCUT2D eigenvalue weighted by Crippen LogP contribution is 2.32. The smallest absolute Gasteiger partial charge is 0.299 e. The van der Waals surface area contributed by atoms with E-state index in [1.165, 1.54) is 24.3 Å². The number of nitrogens with one attached hydrogen (secondary N) is 1. The first-order valence-corrected chi connectivity index (χ1v) is 6.24. The molecule has 0 aromatic heterocycles. The van der Waals surface area contributed by atoms with E-state index in [0.717, 1.165) is 12.1 Å². The summed E-state index contributed by atoms with van der Waals surface area (Å²) in [6, 6.07) is 7.37. The molecule has 1 N–H and O–H groups in total. The lowest BCUT2D eigenvalue weighted by molar-refractivity contribution is -0.393. The molecule has 0 heterocycles. The Bertz CT molecular complexity index is 820. The van der Waals surface area contributed by atoms with Crippen molar-refractivity contribution in [3.63, 3.8) is 0 Å². The number of aryl methyl sites for hydroxylation is 1. The topological polar surface area (TPSA) is 141 Å². The maximum absolute atomic E-state index is 11.1. The van der Waals surface area contributed by atoms with Gasteiger partial charge in [-0.1, -0.05) is 6.07 Å². The van der Waals surface area contributed by atoms with E-state index in [0.29, 0.717) is 5.56 Å². The summed E-state index contributed by atoms with van der Waals surface area (Å²) in [5.41, 5.74) is -0.351. The van der Waals surface area contributed by atoms with E-state index in [1.807, 2.05) is 0 Å². The Morgan fingerprint density at radius 2 is 1.48 bits per heavy atom. The lowest BCUT2D eigenvalue weighted by Gasteiger charge is -2.08. The van der Waals surface area contributed by atoms with Gasteiger partial charge in [0.1, 0.15) is 5.69 Å². The van der Waals surface area contributed by atoms with E-state index in [9.17, 15) is 30.3 Å². The molecule has 0 spiro atoms. The number of rotatable bonds is 5. The molecule has 0 saturated carbocycles. The molecule has 118 valence electrons. The van der Waals surface area contributed by atoms with Crippen LogP contribution in [0.2, 0.25) is 0 Å². The average Bonchev–Trinajstić information content (AvgIpc) is 2.48. The summed E-state index contributed by atoms with van der Waals surface area (Å²) in [6.07, 6.45) is 0. The fourth-order valence-electron chi connectivity index (χ4n) is 1.93. The maximum Gasteiger partial charge on any atom is 0.299 e. The zero-order valence-electron chi connectivity index (χ0n) is 11.8. The number of nitro benzene ring substituents is 3. The van der Waals surface area contributed by atoms with Crippen LogP contribution in [0.25, 0.3) is 0 Å². The fourth-order valence-corrected chi connectivity index (χ4v) is 1.93.